The summed E-state index contributed by atoms with van der Waals surface area (Å²) in [7, 11) is 0. The summed E-state index contributed by atoms with van der Waals surface area (Å²) in [6.07, 6.45) is 12.4. The highest BCUT2D eigenvalue weighted by molar-refractivity contribution is 9.10. The maximum absolute atomic E-state index is 14.2. The average Bonchev–Trinajstić information content (AvgIpc) is 3.22. The number of benzene rings is 2. The van der Waals surface area contributed by atoms with Crippen LogP contribution >= 0.6 is 15.9 Å². The molecule has 10 heteroatoms. The van der Waals surface area contributed by atoms with Crippen LogP contribution in [0.15, 0.2) is 78.9 Å². The number of alkyl halides is 1. The lowest BCUT2D eigenvalue weighted by molar-refractivity contribution is -0.142. The molecule has 1 fully saturated rings. The van der Waals surface area contributed by atoms with Crippen molar-refractivity contribution < 1.29 is 24.0 Å². The molecule has 2 aliphatic heterocycles. The van der Waals surface area contributed by atoms with Crippen molar-refractivity contribution >= 4 is 45.5 Å². The van der Waals surface area contributed by atoms with E-state index in [1.807, 2.05) is 49.4 Å². The molecule has 5 atom stereocenters. The van der Waals surface area contributed by atoms with Gasteiger partial charge in [0.15, 0.2) is 0 Å². The van der Waals surface area contributed by atoms with Crippen molar-refractivity contribution in [1.82, 2.24) is 20.4 Å². The van der Waals surface area contributed by atoms with E-state index in [1.165, 1.54) is 4.90 Å². The summed E-state index contributed by atoms with van der Waals surface area (Å²) in [6.45, 7) is 3.01. The molecule has 0 saturated carbocycles. The third kappa shape index (κ3) is 8.27. The number of nitrogens with zero attached hydrogens (tertiary/aromatic N) is 2. The van der Waals surface area contributed by atoms with Gasteiger partial charge in [0.1, 0.15) is 12.1 Å². The van der Waals surface area contributed by atoms with E-state index >= 15 is 0 Å². The Labute approximate surface area is 285 Å². The van der Waals surface area contributed by atoms with Gasteiger partial charge in [0.05, 0.1) is 16.0 Å². The SMILES string of the molecule is CCNC(=O)C(Cc1ccccc1)N1CCC(C2C=CC=CC2)CC(NC(=O)C(Br)CCCCN2C(=O)c3ccccc3C2=O)C1=O. The summed E-state index contributed by atoms with van der Waals surface area (Å²) < 4.78 is 0. The highest BCUT2D eigenvalue weighted by atomic mass is 79.9. The molecule has 5 amide bonds. The van der Waals surface area contributed by atoms with E-state index in [2.05, 4.69) is 38.7 Å². The van der Waals surface area contributed by atoms with Gasteiger partial charge >= 0.3 is 0 Å². The molecule has 0 bridgehead atoms. The summed E-state index contributed by atoms with van der Waals surface area (Å²) in [6, 6.07) is 15.0. The van der Waals surface area contributed by atoms with Crippen LogP contribution in [0.1, 0.15) is 71.7 Å². The molecule has 2 aromatic rings. The molecular weight excluding hydrogens is 660 g/mol. The molecule has 3 aliphatic rings. The minimum atomic E-state index is -0.777. The molecule has 1 aliphatic carbocycles. The van der Waals surface area contributed by atoms with Gasteiger partial charge in [-0.15, -0.1) is 0 Å². The van der Waals surface area contributed by atoms with Crippen LogP contribution in [0.5, 0.6) is 0 Å². The van der Waals surface area contributed by atoms with Crippen molar-refractivity contribution in [3.63, 3.8) is 0 Å². The number of hydrogen-bond donors (Lipinski definition) is 2. The Hall–Kier alpha value is -4.05. The minimum absolute atomic E-state index is 0.149. The Bertz CT molecular complexity index is 1490. The summed E-state index contributed by atoms with van der Waals surface area (Å²) in [4.78, 5) is 68.9. The summed E-state index contributed by atoms with van der Waals surface area (Å²) in [5, 5.41) is 5.95. The van der Waals surface area contributed by atoms with Gasteiger partial charge in [0.25, 0.3) is 11.8 Å². The Morgan fingerprint density at radius 3 is 2.30 bits per heavy atom. The Kier molecular flexibility index (Phi) is 11.8. The van der Waals surface area contributed by atoms with Gasteiger partial charge in [-0.05, 0) is 68.6 Å². The lowest BCUT2D eigenvalue weighted by Crippen LogP contribution is -2.56. The normalized spacial score (nSPS) is 22.1. The van der Waals surface area contributed by atoms with Crippen LogP contribution in [0.25, 0.3) is 0 Å². The number of likely N-dealkylation sites (tertiary alicyclic amines) is 1. The quantitative estimate of drug-likeness (QED) is 0.177. The van der Waals surface area contributed by atoms with Crippen molar-refractivity contribution in [3.05, 3.63) is 95.6 Å². The van der Waals surface area contributed by atoms with E-state index < -0.39 is 16.9 Å². The van der Waals surface area contributed by atoms with Crippen LogP contribution in [0.3, 0.4) is 0 Å². The number of carbonyl (C=O) groups is 5. The molecule has 5 rings (SSSR count). The van der Waals surface area contributed by atoms with Gasteiger partial charge in [-0.1, -0.05) is 89.1 Å². The monoisotopic (exact) mass is 702 g/mol. The van der Waals surface area contributed by atoms with E-state index in [-0.39, 0.29) is 47.9 Å². The number of halogens is 1. The Morgan fingerprint density at radius 1 is 0.936 bits per heavy atom. The predicted octanol–water partition coefficient (Wildman–Crippen LogP) is 4.82. The number of nitrogens with one attached hydrogen (secondary N) is 2. The van der Waals surface area contributed by atoms with Crippen molar-refractivity contribution in [2.24, 2.45) is 11.8 Å². The zero-order valence-corrected chi connectivity index (χ0v) is 28.4. The van der Waals surface area contributed by atoms with Crippen LogP contribution in [-0.4, -0.2) is 75.9 Å². The maximum Gasteiger partial charge on any atom is 0.261 e. The van der Waals surface area contributed by atoms with E-state index in [4.69, 9.17) is 0 Å². The topological polar surface area (TPSA) is 116 Å². The molecule has 0 spiro atoms. The molecule has 0 aromatic heterocycles. The number of likely N-dealkylation sites (N-methyl/N-ethyl adjacent to an activating group) is 1. The first kappa shape index (κ1) is 34.3. The van der Waals surface area contributed by atoms with Gasteiger partial charge < -0.3 is 15.5 Å². The maximum atomic E-state index is 14.2. The first-order chi connectivity index (χ1) is 22.8. The number of imide groups is 1. The van der Waals surface area contributed by atoms with Crippen molar-refractivity contribution in [3.8, 4) is 0 Å². The third-order valence-electron chi connectivity index (χ3n) is 9.35. The standard InChI is InChI=1S/C37H43BrN4O5/c1-2-39-34(44)32(23-25-13-5-3-6-14-25)41-22-20-27(26-15-7-4-8-16-26)24-31(37(41)47)40-33(43)30(38)19-11-12-21-42-35(45)28-17-9-10-18-29(28)36(42)46/h3-10,13-15,17-18,26-27,30-32H,2,11-12,16,19-24H2,1H3,(H,39,44)(H,40,43). The average molecular weight is 704 g/mol. The smallest absolute Gasteiger partial charge is 0.261 e. The second kappa shape index (κ2) is 16.2. The van der Waals surface area contributed by atoms with Gasteiger partial charge in [0, 0.05) is 26.1 Å². The number of allylic oxidation sites excluding steroid dienone is 4. The molecule has 2 heterocycles. The van der Waals surface area contributed by atoms with Gasteiger partial charge in [0.2, 0.25) is 17.7 Å². The summed E-state index contributed by atoms with van der Waals surface area (Å²) in [5.74, 6) is -0.917. The second-order valence-electron chi connectivity index (χ2n) is 12.5. The fourth-order valence-electron chi connectivity index (χ4n) is 6.81. The van der Waals surface area contributed by atoms with E-state index in [0.29, 0.717) is 56.3 Å². The van der Waals surface area contributed by atoms with Crippen molar-refractivity contribution in [1.29, 1.82) is 0 Å². The number of amides is 5. The molecule has 47 heavy (non-hydrogen) atoms. The highest BCUT2D eigenvalue weighted by Crippen LogP contribution is 2.32. The third-order valence-corrected chi connectivity index (χ3v) is 10.2. The van der Waals surface area contributed by atoms with Gasteiger partial charge in [-0.2, -0.15) is 0 Å². The Balaban J connectivity index is 1.24. The van der Waals surface area contributed by atoms with E-state index in [0.717, 1.165) is 18.4 Å². The number of unbranched alkanes of at least 4 members (excludes halogenated alkanes) is 1. The lowest BCUT2D eigenvalue weighted by atomic mass is 9.81. The minimum Gasteiger partial charge on any atom is -0.355 e. The lowest BCUT2D eigenvalue weighted by Gasteiger charge is -2.32. The predicted molar refractivity (Wildman–Crippen MR) is 184 cm³/mol. The van der Waals surface area contributed by atoms with Crippen molar-refractivity contribution in [2.45, 2.75) is 68.8 Å². The molecule has 2 aromatic carbocycles. The fraction of sp³-hybridized carbons (Fsp3) is 0.432. The number of carbonyl (C=O) groups excluding carboxylic acids is 5. The van der Waals surface area contributed by atoms with Crippen LogP contribution in [0.4, 0.5) is 0 Å². The Morgan fingerprint density at radius 2 is 1.64 bits per heavy atom. The van der Waals surface area contributed by atoms with Gasteiger partial charge in [-0.25, -0.2) is 0 Å². The molecular formula is C37H43BrN4O5. The molecule has 1 saturated heterocycles. The first-order valence-electron chi connectivity index (χ1n) is 16.6. The van der Waals surface area contributed by atoms with Crippen LogP contribution in [0, 0.1) is 11.8 Å². The van der Waals surface area contributed by atoms with Crippen LogP contribution < -0.4 is 10.6 Å². The zero-order chi connectivity index (χ0) is 33.3. The van der Waals surface area contributed by atoms with Crippen LogP contribution in [0.2, 0.25) is 0 Å². The summed E-state index contributed by atoms with van der Waals surface area (Å²) >= 11 is 3.53. The van der Waals surface area contributed by atoms with E-state index in [1.54, 1.807) is 29.2 Å². The number of hydrogen-bond acceptors (Lipinski definition) is 5. The second-order valence-corrected chi connectivity index (χ2v) is 13.6. The van der Waals surface area contributed by atoms with Gasteiger partial charge in [-0.3, -0.25) is 28.9 Å². The molecule has 248 valence electrons. The molecule has 2 N–H and O–H groups in total. The van der Waals surface area contributed by atoms with Crippen molar-refractivity contribution in [2.75, 3.05) is 19.6 Å². The highest BCUT2D eigenvalue weighted by Gasteiger charge is 2.40. The molecule has 9 nitrogen and oxygen atoms in total. The number of rotatable bonds is 13. The largest absolute Gasteiger partial charge is 0.355 e. The van der Waals surface area contributed by atoms with E-state index in [9.17, 15) is 24.0 Å². The summed E-state index contributed by atoms with van der Waals surface area (Å²) in [5.41, 5.74) is 1.81. The molecule has 0 radical (unpaired) electrons. The van der Waals surface area contributed by atoms with Crippen LogP contribution in [-0.2, 0) is 20.8 Å². The zero-order valence-electron chi connectivity index (χ0n) is 26.8. The first-order valence-corrected chi connectivity index (χ1v) is 17.5. The fourth-order valence-corrected chi connectivity index (χ4v) is 7.26. The molecule has 5 unspecified atom stereocenters. The number of fused-ring (bicyclic) bond motifs is 1.